The maximum absolute atomic E-state index is 14.1. The van der Waals surface area contributed by atoms with E-state index in [0.29, 0.717) is 18.0 Å². The lowest BCUT2D eigenvalue weighted by molar-refractivity contribution is 0.0964. The Morgan fingerprint density at radius 2 is 1.97 bits per heavy atom. The van der Waals surface area contributed by atoms with Gasteiger partial charge in [0, 0.05) is 12.1 Å². The van der Waals surface area contributed by atoms with E-state index in [1.807, 2.05) is 0 Å². The van der Waals surface area contributed by atoms with Crippen molar-refractivity contribution in [3.05, 3.63) is 40.5 Å². The van der Waals surface area contributed by atoms with Crippen molar-refractivity contribution in [3.8, 4) is 5.88 Å². The topological polar surface area (TPSA) is 147 Å². The molecule has 2 rings (SSSR count). The van der Waals surface area contributed by atoms with Crippen LogP contribution in [0, 0.1) is 11.6 Å². The minimum atomic E-state index is -1.15. The van der Waals surface area contributed by atoms with Crippen LogP contribution in [-0.4, -0.2) is 45.8 Å². The maximum Gasteiger partial charge on any atom is 0.320 e. The first-order chi connectivity index (χ1) is 13.8. The number of aliphatic hydroxyl groups excluding tert-OH is 2. The lowest BCUT2D eigenvalue weighted by Gasteiger charge is -2.10. The van der Waals surface area contributed by atoms with E-state index in [4.69, 9.17) is 15.6 Å². The standard InChI is InChI=1S/C17H20F2N4O5S/c1-2-8-3-4-9(13(19)12(8)18)7-28-15-11(14(20)26)16(29-23-15)22-17(27)21-5-10(25)6-24/h3-4,10,24-25H,2,5-7H2,1H3,(H2,20,26)(H2,21,22,27). The number of nitrogens with two attached hydrogens (primary N) is 1. The number of aliphatic hydroxyl groups is 2. The van der Waals surface area contributed by atoms with Crippen LogP contribution in [-0.2, 0) is 13.0 Å². The molecule has 29 heavy (non-hydrogen) atoms. The second kappa shape index (κ2) is 10.1. The predicted molar refractivity (Wildman–Crippen MR) is 101 cm³/mol. The lowest BCUT2D eigenvalue weighted by atomic mass is 10.1. The number of primary amides is 1. The summed E-state index contributed by atoms with van der Waals surface area (Å²) in [5.41, 5.74) is 5.22. The first-order valence-electron chi connectivity index (χ1n) is 8.50. The third kappa shape index (κ3) is 5.59. The SMILES string of the molecule is CCc1ccc(COc2nsc(NC(=O)NCC(O)CO)c2C(N)=O)c(F)c1F. The molecule has 12 heteroatoms. The molecule has 1 heterocycles. The lowest BCUT2D eigenvalue weighted by Crippen LogP contribution is -2.36. The van der Waals surface area contributed by atoms with Crippen LogP contribution >= 0.6 is 11.5 Å². The zero-order chi connectivity index (χ0) is 21.6. The summed E-state index contributed by atoms with van der Waals surface area (Å²) in [5, 5.41) is 22.5. The number of carbonyl (C=O) groups excluding carboxylic acids is 2. The molecule has 0 aliphatic carbocycles. The van der Waals surface area contributed by atoms with E-state index in [0.717, 1.165) is 0 Å². The number of urea groups is 1. The van der Waals surface area contributed by atoms with Crippen LogP contribution in [0.1, 0.15) is 28.4 Å². The molecule has 0 radical (unpaired) electrons. The predicted octanol–water partition coefficient (Wildman–Crippen LogP) is 1.14. The fraction of sp³-hybridized carbons (Fsp3) is 0.353. The second-order valence-corrected chi connectivity index (χ2v) is 6.65. The molecule has 1 aromatic heterocycles. The molecule has 0 aliphatic rings. The Bertz CT molecular complexity index is 893. The molecule has 1 unspecified atom stereocenters. The molecule has 0 spiro atoms. The van der Waals surface area contributed by atoms with Gasteiger partial charge in [-0.1, -0.05) is 19.1 Å². The van der Waals surface area contributed by atoms with Crippen molar-refractivity contribution in [2.75, 3.05) is 18.5 Å². The number of ether oxygens (including phenoxy) is 1. The third-order valence-corrected chi connectivity index (χ3v) is 4.58. The van der Waals surface area contributed by atoms with E-state index in [2.05, 4.69) is 15.0 Å². The van der Waals surface area contributed by atoms with E-state index in [1.54, 1.807) is 6.92 Å². The number of carbonyl (C=O) groups is 2. The summed E-state index contributed by atoms with van der Waals surface area (Å²) in [6, 6.07) is 2.02. The molecule has 1 atom stereocenters. The number of hydrogen-bond acceptors (Lipinski definition) is 7. The number of anilines is 1. The highest BCUT2D eigenvalue weighted by Gasteiger charge is 2.23. The number of aryl methyl sites for hydroxylation is 1. The fourth-order valence-corrected chi connectivity index (χ4v) is 2.99. The summed E-state index contributed by atoms with van der Waals surface area (Å²) >= 11 is 0.694. The van der Waals surface area contributed by atoms with Gasteiger partial charge < -0.3 is 26.0 Å². The van der Waals surface area contributed by atoms with Crippen LogP contribution in [0.15, 0.2) is 12.1 Å². The van der Waals surface area contributed by atoms with Gasteiger partial charge in [-0.15, -0.1) is 0 Å². The van der Waals surface area contributed by atoms with Crippen molar-refractivity contribution in [2.45, 2.75) is 26.1 Å². The fourth-order valence-electron chi connectivity index (χ4n) is 2.26. The minimum Gasteiger partial charge on any atom is -0.471 e. The maximum atomic E-state index is 14.1. The number of rotatable bonds is 9. The third-order valence-electron chi connectivity index (χ3n) is 3.83. The highest BCUT2D eigenvalue weighted by molar-refractivity contribution is 7.11. The highest BCUT2D eigenvalue weighted by Crippen LogP contribution is 2.31. The van der Waals surface area contributed by atoms with Crippen molar-refractivity contribution in [1.82, 2.24) is 9.69 Å². The second-order valence-electron chi connectivity index (χ2n) is 5.88. The van der Waals surface area contributed by atoms with Crippen LogP contribution in [0.5, 0.6) is 5.88 Å². The van der Waals surface area contributed by atoms with Crippen molar-refractivity contribution in [3.63, 3.8) is 0 Å². The van der Waals surface area contributed by atoms with Crippen LogP contribution in [0.2, 0.25) is 0 Å². The molecular weight excluding hydrogens is 410 g/mol. The number of nitrogens with one attached hydrogen (secondary N) is 2. The molecule has 0 fully saturated rings. The Labute approximate surface area is 168 Å². The van der Waals surface area contributed by atoms with Gasteiger partial charge in [0.2, 0.25) is 5.88 Å². The Kier molecular flexibility index (Phi) is 7.82. The minimum absolute atomic E-state index is 0.0310. The van der Waals surface area contributed by atoms with Gasteiger partial charge in [0.1, 0.15) is 17.2 Å². The smallest absolute Gasteiger partial charge is 0.320 e. The van der Waals surface area contributed by atoms with Crippen molar-refractivity contribution in [1.29, 1.82) is 0 Å². The number of amides is 3. The van der Waals surface area contributed by atoms with Crippen molar-refractivity contribution < 1.29 is 33.3 Å². The molecule has 0 saturated carbocycles. The molecule has 0 saturated heterocycles. The van der Waals surface area contributed by atoms with E-state index in [1.165, 1.54) is 12.1 Å². The van der Waals surface area contributed by atoms with Crippen LogP contribution in [0.3, 0.4) is 0 Å². The van der Waals surface area contributed by atoms with Gasteiger partial charge in [-0.25, -0.2) is 13.6 Å². The van der Waals surface area contributed by atoms with Gasteiger partial charge in [0.05, 0.1) is 12.7 Å². The molecule has 1 aromatic carbocycles. The number of halogens is 2. The zero-order valence-electron chi connectivity index (χ0n) is 15.4. The van der Waals surface area contributed by atoms with E-state index in [-0.39, 0.29) is 34.1 Å². The van der Waals surface area contributed by atoms with E-state index >= 15 is 0 Å². The molecular formula is C17H20F2N4O5S. The Balaban J connectivity index is 2.12. The van der Waals surface area contributed by atoms with Crippen LogP contribution < -0.4 is 21.1 Å². The average molecular weight is 430 g/mol. The summed E-state index contributed by atoms with van der Waals surface area (Å²) in [4.78, 5) is 23.6. The Hall–Kier alpha value is -2.83. The Morgan fingerprint density at radius 3 is 2.59 bits per heavy atom. The first-order valence-corrected chi connectivity index (χ1v) is 9.27. The molecule has 2 aromatic rings. The van der Waals surface area contributed by atoms with Crippen molar-refractivity contribution >= 4 is 28.5 Å². The van der Waals surface area contributed by atoms with Gasteiger partial charge in [0.15, 0.2) is 11.6 Å². The van der Waals surface area contributed by atoms with Crippen molar-refractivity contribution in [2.24, 2.45) is 5.73 Å². The number of benzene rings is 1. The molecule has 6 N–H and O–H groups in total. The normalized spacial score (nSPS) is 11.8. The molecule has 3 amide bonds. The van der Waals surface area contributed by atoms with E-state index in [9.17, 15) is 23.5 Å². The summed E-state index contributed by atoms with van der Waals surface area (Å²) in [7, 11) is 0. The van der Waals surface area contributed by atoms with Gasteiger partial charge >= 0.3 is 6.03 Å². The largest absolute Gasteiger partial charge is 0.471 e. The zero-order valence-corrected chi connectivity index (χ0v) is 16.2. The quantitative estimate of drug-likeness (QED) is 0.403. The molecule has 9 nitrogen and oxygen atoms in total. The summed E-state index contributed by atoms with van der Waals surface area (Å²) in [5.74, 6) is -3.22. The number of hydrogen-bond donors (Lipinski definition) is 5. The molecule has 0 bridgehead atoms. The van der Waals surface area contributed by atoms with Crippen LogP contribution in [0.4, 0.5) is 18.6 Å². The molecule has 158 valence electrons. The summed E-state index contributed by atoms with van der Waals surface area (Å²) < 4.78 is 37.2. The van der Waals surface area contributed by atoms with E-state index < -0.39 is 42.9 Å². The Morgan fingerprint density at radius 1 is 1.31 bits per heavy atom. The average Bonchev–Trinajstić information content (AvgIpc) is 3.09. The summed E-state index contributed by atoms with van der Waals surface area (Å²) in [6.07, 6.45) is -0.820. The summed E-state index contributed by atoms with van der Waals surface area (Å²) in [6.45, 7) is 0.513. The number of nitrogens with zero attached hydrogens (tertiary/aromatic N) is 1. The van der Waals surface area contributed by atoms with Gasteiger partial charge in [-0.2, -0.15) is 4.37 Å². The van der Waals surface area contributed by atoms with Gasteiger partial charge in [0.25, 0.3) is 5.91 Å². The highest BCUT2D eigenvalue weighted by atomic mass is 32.1. The van der Waals surface area contributed by atoms with Crippen LogP contribution in [0.25, 0.3) is 0 Å². The van der Waals surface area contributed by atoms with Gasteiger partial charge in [-0.05, 0) is 23.5 Å². The van der Waals surface area contributed by atoms with Gasteiger partial charge in [-0.3, -0.25) is 10.1 Å². The number of aromatic nitrogens is 1. The first kappa shape index (κ1) is 22.5. The monoisotopic (exact) mass is 430 g/mol. The molecule has 0 aliphatic heterocycles.